The number of benzene rings is 2. The Labute approximate surface area is 148 Å². The van der Waals surface area contributed by atoms with Gasteiger partial charge in [0.2, 0.25) is 0 Å². The summed E-state index contributed by atoms with van der Waals surface area (Å²) < 4.78 is 0. The lowest BCUT2D eigenvalue weighted by Gasteiger charge is -2.06. The van der Waals surface area contributed by atoms with Gasteiger partial charge in [-0.15, -0.1) is 0 Å². The van der Waals surface area contributed by atoms with Crippen LogP contribution in [0, 0.1) is 0 Å². The van der Waals surface area contributed by atoms with Crippen LogP contribution in [0.15, 0.2) is 56.5 Å². The zero-order valence-corrected chi connectivity index (χ0v) is 14.5. The van der Waals surface area contributed by atoms with Crippen LogP contribution in [0.25, 0.3) is 0 Å². The fourth-order valence-corrected chi connectivity index (χ4v) is 5.32. The molecule has 2 aromatic carbocycles. The van der Waals surface area contributed by atoms with Gasteiger partial charge in [0.25, 0.3) is 0 Å². The smallest absolute Gasteiger partial charge is 0.0873 e. The minimum Gasteiger partial charge on any atom is -0.411 e. The summed E-state index contributed by atoms with van der Waals surface area (Å²) in [5.41, 5.74) is 6.22. The summed E-state index contributed by atoms with van der Waals surface area (Å²) in [6, 6.07) is 12.6. The summed E-state index contributed by atoms with van der Waals surface area (Å²) in [5, 5.41) is 24.8. The van der Waals surface area contributed by atoms with Crippen molar-refractivity contribution in [2.75, 3.05) is 0 Å². The molecular weight excluding hydrogens is 340 g/mol. The molecule has 6 heteroatoms. The van der Waals surface area contributed by atoms with Gasteiger partial charge in [-0.2, -0.15) is 0 Å². The monoisotopic (exact) mass is 356 g/mol. The Bertz CT molecular complexity index is 791. The van der Waals surface area contributed by atoms with Crippen LogP contribution in [0.3, 0.4) is 0 Å². The molecule has 2 aliphatic rings. The van der Waals surface area contributed by atoms with Crippen molar-refractivity contribution in [3.05, 3.63) is 58.7 Å². The van der Waals surface area contributed by atoms with Crippen LogP contribution in [-0.4, -0.2) is 21.8 Å². The highest BCUT2D eigenvalue weighted by Crippen LogP contribution is 2.40. The lowest BCUT2D eigenvalue weighted by atomic mass is 10.1. The Kier molecular flexibility index (Phi) is 4.24. The van der Waals surface area contributed by atoms with Crippen molar-refractivity contribution < 1.29 is 10.4 Å². The van der Waals surface area contributed by atoms with Crippen molar-refractivity contribution in [3.8, 4) is 0 Å². The van der Waals surface area contributed by atoms with E-state index in [9.17, 15) is 0 Å². The zero-order chi connectivity index (χ0) is 16.5. The number of aryl methyl sites for hydroxylation is 2. The first-order chi connectivity index (χ1) is 11.8. The first-order valence-corrected chi connectivity index (χ1v) is 9.96. The van der Waals surface area contributed by atoms with E-state index in [0.717, 1.165) is 48.2 Å². The largest absolute Gasteiger partial charge is 0.411 e. The quantitative estimate of drug-likeness (QED) is 0.474. The minimum absolute atomic E-state index is 0.786. The van der Waals surface area contributed by atoms with Crippen LogP contribution in [-0.2, 0) is 12.8 Å². The van der Waals surface area contributed by atoms with Crippen molar-refractivity contribution in [2.45, 2.75) is 35.5 Å². The molecule has 0 aromatic heterocycles. The molecule has 0 saturated heterocycles. The highest BCUT2D eigenvalue weighted by atomic mass is 33.1. The third-order valence-electron chi connectivity index (χ3n) is 4.51. The molecule has 4 rings (SSSR count). The van der Waals surface area contributed by atoms with E-state index in [1.54, 1.807) is 21.6 Å². The fraction of sp³-hybridized carbons (Fsp3) is 0.222. The van der Waals surface area contributed by atoms with Gasteiger partial charge in [0, 0.05) is 20.9 Å². The van der Waals surface area contributed by atoms with E-state index in [-0.39, 0.29) is 0 Å². The van der Waals surface area contributed by atoms with E-state index in [1.807, 2.05) is 12.1 Å². The summed E-state index contributed by atoms with van der Waals surface area (Å²) in [6.45, 7) is 0. The molecule has 0 radical (unpaired) electrons. The highest BCUT2D eigenvalue weighted by molar-refractivity contribution is 8.76. The van der Waals surface area contributed by atoms with Crippen molar-refractivity contribution in [2.24, 2.45) is 10.3 Å². The molecule has 122 valence electrons. The highest BCUT2D eigenvalue weighted by Gasteiger charge is 2.20. The lowest BCUT2D eigenvalue weighted by Crippen LogP contribution is -1.93. The normalized spacial score (nSPS) is 19.0. The van der Waals surface area contributed by atoms with Crippen LogP contribution in [0.1, 0.15) is 35.1 Å². The molecule has 2 aromatic rings. The molecule has 0 amide bonds. The van der Waals surface area contributed by atoms with Gasteiger partial charge in [0.15, 0.2) is 0 Å². The van der Waals surface area contributed by atoms with Crippen molar-refractivity contribution in [3.63, 3.8) is 0 Å². The summed E-state index contributed by atoms with van der Waals surface area (Å²) >= 11 is 0. The second-order valence-corrected chi connectivity index (χ2v) is 8.17. The number of oxime groups is 2. The number of nitrogens with zero attached hydrogens (tertiary/aromatic N) is 2. The SMILES string of the molecule is ON=C1CCc2cc(SSc3ccc4c(c3)CCC4=NO)ccc21. The topological polar surface area (TPSA) is 65.2 Å². The van der Waals surface area contributed by atoms with Crippen LogP contribution in [0.5, 0.6) is 0 Å². The van der Waals surface area contributed by atoms with Gasteiger partial charge < -0.3 is 10.4 Å². The second-order valence-electron chi connectivity index (χ2n) is 5.90. The van der Waals surface area contributed by atoms with E-state index in [0.29, 0.717) is 0 Å². The first-order valence-electron chi connectivity index (χ1n) is 7.81. The fourth-order valence-electron chi connectivity index (χ4n) is 3.30. The van der Waals surface area contributed by atoms with E-state index in [1.165, 1.54) is 20.9 Å². The van der Waals surface area contributed by atoms with Gasteiger partial charge in [-0.1, -0.05) is 44.0 Å². The van der Waals surface area contributed by atoms with Crippen LogP contribution in [0.2, 0.25) is 0 Å². The van der Waals surface area contributed by atoms with Gasteiger partial charge in [0.05, 0.1) is 11.4 Å². The third kappa shape index (κ3) is 2.80. The standard InChI is InChI=1S/C18H16N2O2S2/c21-19-17-7-1-11-9-13(3-5-15(11)17)23-24-14-4-6-16-12(10-14)2-8-18(16)20-22/h3-6,9-10,21-22H,1-2,7-8H2. The summed E-state index contributed by atoms with van der Waals surface area (Å²) in [7, 11) is 3.47. The number of rotatable bonds is 3. The van der Waals surface area contributed by atoms with Gasteiger partial charge in [-0.25, -0.2) is 0 Å². The zero-order valence-electron chi connectivity index (χ0n) is 12.9. The van der Waals surface area contributed by atoms with Gasteiger partial charge in [-0.3, -0.25) is 0 Å². The maximum Gasteiger partial charge on any atom is 0.0873 e. The van der Waals surface area contributed by atoms with E-state index in [2.05, 4.69) is 34.6 Å². The van der Waals surface area contributed by atoms with Crippen molar-refractivity contribution >= 4 is 33.0 Å². The molecule has 0 spiro atoms. The van der Waals surface area contributed by atoms with Crippen molar-refractivity contribution in [1.29, 1.82) is 0 Å². The number of hydrogen-bond acceptors (Lipinski definition) is 6. The maximum atomic E-state index is 9.00. The molecule has 0 unspecified atom stereocenters. The maximum absolute atomic E-state index is 9.00. The van der Waals surface area contributed by atoms with Gasteiger partial charge in [-0.05, 0) is 61.1 Å². The number of fused-ring (bicyclic) bond motifs is 2. The van der Waals surface area contributed by atoms with E-state index < -0.39 is 0 Å². The molecule has 0 aliphatic heterocycles. The minimum atomic E-state index is 0.786. The Morgan fingerprint density at radius 2 is 1.12 bits per heavy atom. The van der Waals surface area contributed by atoms with Gasteiger partial charge in [0.1, 0.15) is 0 Å². The summed E-state index contributed by atoms with van der Waals surface area (Å²) in [6.07, 6.45) is 3.51. The van der Waals surface area contributed by atoms with Crippen LogP contribution < -0.4 is 0 Å². The molecule has 4 nitrogen and oxygen atoms in total. The summed E-state index contributed by atoms with van der Waals surface area (Å²) in [4.78, 5) is 2.41. The van der Waals surface area contributed by atoms with E-state index >= 15 is 0 Å². The molecule has 2 N–H and O–H groups in total. The molecule has 0 atom stereocenters. The molecule has 0 fully saturated rings. The summed E-state index contributed by atoms with van der Waals surface area (Å²) in [5.74, 6) is 0. The predicted octanol–water partition coefficient (Wildman–Crippen LogP) is 4.74. The third-order valence-corrected chi connectivity index (χ3v) is 6.89. The van der Waals surface area contributed by atoms with Crippen LogP contribution >= 0.6 is 21.6 Å². The molecule has 24 heavy (non-hydrogen) atoms. The molecular formula is C18H16N2O2S2. The molecule has 0 bridgehead atoms. The Morgan fingerprint density at radius 3 is 1.54 bits per heavy atom. The average Bonchev–Trinajstić information content (AvgIpc) is 3.22. The average molecular weight is 356 g/mol. The first kappa shape index (κ1) is 15.6. The van der Waals surface area contributed by atoms with Crippen LogP contribution in [0.4, 0.5) is 0 Å². The van der Waals surface area contributed by atoms with Gasteiger partial charge >= 0.3 is 0 Å². The Balaban J connectivity index is 1.48. The van der Waals surface area contributed by atoms with E-state index in [4.69, 9.17) is 10.4 Å². The molecule has 2 aliphatic carbocycles. The Morgan fingerprint density at radius 1 is 0.667 bits per heavy atom. The predicted molar refractivity (Wildman–Crippen MR) is 97.9 cm³/mol. The van der Waals surface area contributed by atoms with Crippen molar-refractivity contribution in [1.82, 2.24) is 0 Å². The lowest BCUT2D eigenvalue weighted by molar-refractivity contribution is 0.318. The second kappa shape index (κ2) is 6.53. The molecule has 0 heterocycles. The number of hydrogen-bond donors (Lipinski definition) is 2. The molecule has 0 saturated carbocycles. The Hall–Kier alpha value is -1.92.